The second-order valence-electron chi connectivity index (χ2n) is 17.5. The van der Waals surface area contributed by atoms with Gasteiger partial charge in [-0.25, -0.2) is 4.39 Å². The van der Waals surface area contributed by atoms with Crippen LogP contribution in [0.5, 0.6) is 11.5 Å². The molecular formula is C50H76BFN7O7S. The predicted molar refractivity (Wildman–Crippen MR) is 268 cm³/mol. The number of ether oxygens (including phenoxy) is 4. The van der Waals surface area contributed by atoms with E-state index in [-0.39, 0.29) is 24.2 Å². The van der Waals surface area contributed by atoms with E-state index in [1.807, 2.05) is 35.5 Å². The Hall–Kier alpha value is -4.32. The van der Waals surface area contributed by atoms with Gasteiger partial charge in [0.25, 0.3) is 0 Å². The molecule has 0 bridgehead atoms. The maximum absolute atomic E-state index is 14.0. The topological polar surface area (TPSA) is 169 Å². The third-order valence-corrected chi connectivity index (χ3v) is 13.7. The van der Waals surface area contributed by atoms with Gasteiger partial charge in [-0.2, -0.15) is 5.10 Å². The molecule has 14 nitrogen and oxygen atoms in total. The van der Waals surface area contributed by atoms with Gasteiger partial charge in [-0.05, 0) is 55.2 Å². The van der Waals surface area contributed by atoms with Crippen LogP contribution >= 0.6 is 11.8 Å². The van der Waals surface area contributed by atoms with E-state index < -0.39 is 0 Å². The molecule has 3 aromatic rings. The Morgan fingerprint density at radius 2 is 1.69 bits per heavy atom. The first-order chi connectivity index (χ1) is 32.6. The number of nitrogens with one attached hydrogen (secondary N) is 5. The summed E-state index contributed by atoms with van der Waals surface area (Å²) in [4.78, 5) is 24.5. The van der Waals surface area contributed by atoms with Crippen molar-refractivity contribution in [2.45, 2.75) is 135 Å². The molecule has 3 aliphatic rings. The molecule has 2 fully saturated rings. The summed E-state index contributed by atoms with van der Waals surface area (Å²) < 4.78 is 39.4. The predicted octanol–water partition coefficient (Wildman–Crippen LogP) is 7.02. The van der Waals surface area contributed by atoms with Gasteiger partial charge in [0.2, 0.25) is 5.91 Å². The van der Waals surface area contributed by atoms with Crippen LogP contribution in [0.2, 0.25) is 0 Å². The average Bonchev–Trinajstić information content (AvgIpc) is 4.07. The molecule has 369 valence electrons. The zero-order chi connectivity index (χ0) is 47.8. The second-order valence-corrected chi connectivity index (χ2v) is 18.8. The van der Waals surface area contributed by atoms with Crippen molar-refractivity contribution < 1.29 is 38.0 Å². The number of aromatic nitrogens is 2. The van der Waals surface area contributed by atoms with Crippen molar-refractivity contribution in [3.8, 4) is 22.8 Å². The number of carbonyl (C=O) groups is 2. The average molecular weight is 949 g/mol. The van der Waals surface area contributed by atoms with Crippen molar-refractivity contribution >= 4 is 48.3 Å². The van der Waals surface area contributed by atoms with E-state index in [1.54, 1.807) is 12.1 Å². The molecule has 1 aliphatic carbocycles. The minimum absolute atomic E-state index is 0.0300. The van der Waals surface area contributed by atoms with Crippen molar-refractivity contribution in [1.82, 2.24) is 31.0 Å². The standard InChI is InChI=1S/C42H58BFN7O7S.C8H18/c1-2-57-34-24-28-23-32-40(31(28)26-35(34)58-18-8-17-52)51(50-41(32)47-30-10-7-9-29(44)25-30)16-20-56-22-21-55-19-15-46-38(54)13-5-6-14-45-37(53)12-4-3-11-36-39-33(27-59-36)48-42(43)49-39;1-4-6-7-8(3)5-2/h7,9-10,24-26,33,36,39,48-49,52H,2-6,8,11-23,27H2,1H3,(H,45,53)(H,46,54)(H,47,50);8H,4-7H2,1-3H3. The molecular weight excluding hydrogens is 872 g/mol. The number of nitrogens with zero attached hydrogens (tertiary/aromatic N) is 2. The summed E-state index contributed by atoms with van der Waals surface area (Å²) in [6.07, 6.45) is 12.0. The first-order valence-electron chi connectivity index (χ1n) is 24.8. The third-order valence-electron chi connectivity index (χ3n) is 12.2. The van der Waals surface area contributed by atoms with Crippen molar-refractivity contribution in [2.24, 2.45) is 5.92 Å². The van der Waals surface area contributed by atoms with E-state index in [1.165, 1.54) is 37.8 Å². The fourth-order valence-electron chi connectivity index (χ4n) is 8.36. The van der Waals surface area contributed by atoms with E-state index in [0.717, 1.165) is 59.7 Å². The molecule has 1 radical (unpaired) electrons. The molecule has 0 saturated carbocycles. The molecule has 2 amide bonds. The van der Waals surface area contributed by atoms with Crippen LogP contribution in [0.15, 0.2) is 36.4 Å². The zero-order valence-corrected chi connectivity index (χ0v) is 41.2. The fraction of sp³-hybridized carbons (Fsp3) is 0.640. The summed E-state index contributed by atoms with van der Waals surface area (Å²) in [5, 5.41) is 30.5. The van der Waals surface area contributed by atoms with Crippen LogP contribution < -0.4 is 36.1 Å². The van der Waals surface area contributed by atoms with Gasteiger partial charge < -0.3 is 34.7 Å². The summed E-state index contributed by atoms with van der Waals surface area (Å²) in [5.74, 6) is 3.59. The second kappa shape index (κ2) is 29.5. The van der Waals surface area contributed by atoms with Gasteiger partial charge >= 0.3 is 113 Å². The summed E-state index contributed by atoms with van der Waals surface area (Å²) in [5.41, 5.74) is 5.22. The Bertz CT molecular complexity index is 1990. The number of fused-ring (bicyclic) bond motifs is 4. The molecule has 3 heterocycles. The van der Waals surface area contributed by atoms with Crippen LogP contribution in [-0.4, -0.2) is 122 Å². The Labute approximate surface area is 403 Å². The Kier molecular flexibility index (Phi) is 23.7. The van der Waals surface area contributed by atoms with E-state index in [2.05, 4.69) is 47.4 Å². The number of hydrogen-bond donors (Lipinski definition) is 6. The maximum atomic E-state index is 14.0. The monoisotopic (exact) mass is 949 g/mol. The van der Waals surface area contributed by atoms with Gasteiger partial charge in [0.05, 0.1) is 51.9 Å². The fourth-order valence-corrected chi connectivity index (χ4v) is 9.90. The molecule has 1 aromatic heterocycles. The van der Waals surface area contributed by atoms with Crippen molar-refractivity contribution in [2.75, 3.05) is 70.4 Å². The number of aliphatic hydroxyl groups excluding tert-OH is 1. The number of anilines is 2. The first-order valence-corrected chi connectivity index (χ1v) is 25.8. The van der Waals surface area contributed by atoms with Crippen LogP contribution in [-0.2, 0) is 32.0 Å². The van der Waals surface area contributed by atoms with E-state index in [0.29, 0.717) is 137 Å². The number of carbonyl (C=O) groups excluding carboxylic acids is 2. The van der Waals surface area contributed by atoms with Crippen LogP contribution in [0, 0.1) is 11.7 Å². The Balaban J connectivity index is 0.000000961. The number of thioether (sulfide) groups is 1. The molecule has 4 atom stereocenters. The molecule has 6 rings (SSSR count). The van der Waals surface area contributed by atoms with E-state index in [9.17, 15) is 19.1 Å². The number of unbranched alkanes of at least 4 members (excludes halogenated alkanes) is 3. The summed E-state index contributed by atoms with van der Waals surface area (Å²) >= 11 is 1.97. The number of hydrogen-bond acceptors (Lipinski definition) is 12. The molecule has 2 saturated heterocycles. The van der Waals surface area contributed by atoms with Gasteiger partial charge in [0.1, 0.15) is 5.82 Å². The molecule has 0 spiro atoms. The summed E-state index contributed by atoms with van der Waals surface area (Å²) in [6, 6.07) is 11.1. The molecule has 67 heavy (non-hydrogen) atoms. The van der Waals surface area contributed by atoms with Crippen LogP contribution in [0.1, 0.15) is 116 Å². The van der Waals surface area contributed by atoms with E-state index >= 15 is 0 Å². The molecule has 6 N–H and O–H groups in total. The molecule has 2 aromatic carbocycles. The quantitative estimate of drug-likeness (QED) is 0.0226. The minimum atomic E-state index is -0.341. The summed E-state index contributed by atoms with van der Waals surface area (Å²) in [6.45, 7) is 12.6. The first kappa shape index (κ1) is 53.6. The van der Waals surface area contributed by atoms with Crippen LogP contribution in [0.4, 0.5) is 15.9 Å². The van der Waals surface area contributed by atoms with Gasteiger partial charge in [-0.15, -0.1) is 0 Å². The van der Waals surface area contributed by atoms with Gasteiger partial charge in [-0.3, -0.25) is 9.48 Å². The van der Waals surface area contributed by atoms with Crippen LogP contribution in [0.3, 0.4) is 0 Å². The van der Waals surface area contributed by atoms with Crippen molar-refractivity contribution in [3.63, 3.8) is 0 Å². The van der Waals surface area contributed by atoms with Crippen molar-refractivity contribution in [3.05, 3.63) is 53.3 Å². The Morgan fingerprint density at radius 1 is 0.925 bits per heavy atom. The number of benzene rings is 2. The van der Waals surface area contributed by atoms with Crippen molar-refractivity contribution in [1.29, 1.82) is 0 Å². The Morgan fingerprint density at radius 3 is 2.43 bits per heavy atom. The van der Waals surface area contributed by atoms with E-state index in [4.69, 9.17) is 31.5 Å². The normalized spacial score (nSPS) is 17.0. The third kappa shape index (κ3) is 17.6. The number of amides is 2. The van der Waals surface area contributed by atoms with Gasteiger partial charge in [0.15, 0.2) is 17.3 Å². The molecule has 2 aliphatic heterocycles. The summed E-state index contributed by atoms with van der Waals surface area (Å²) in [7, 11) is 5.87. The SMILES string of the molecule is CCCCC(C)CC.[B]=C1NC2CSC(CCCCC(=O)NCCCCC(=O)NCCOCCOCCn3nc(Nc4cccc(F)c4)c4c3-c3cc(OCCCO)c(OCC)cc3C4)C2N1. The number of halogens is 1. The zero-order valence-electron chi connectivity index (χ0n) is 40.4. The van der Waals surface area contributed by atoms with Gasteiger partial charge in [0, 0.05) is 49.2 Å². The number of rotatable bonds is 31. The van der Waals surface area contributed by atoms with Crippen LogP contribution in [0.25, 0.3) is 11.3 Å². The van der Waals surface area contributed by atoms with Gasteiger partial charge in [-0.1, -0.05) is 52.5 Å². The number of aliphatic hydroxyl groups is 1. The molecule has 4 unspecified atom stereocenters. The molecule has 17 heteroatoms.